The van der Waals surface area contributed by atoms with Crippen molar-refractivity contribution in [2.24, 2.45) is 4.99 Å². The van der Waals surface area contributed by atoms with Gasteiger partial charge >= 0.3 is 0 Å². The van der Waals surface area contributed by atoms with Gasteiger partial charge in [0.05, 0.1) is 26.9 Å². The van der Waals surface area contributed by atoms with Gasteiger partial charge in [0.15, 0.2) is 11.5 Å². The maximum Gasteiger partial charge on any atom is 0.161 e. The summed E-state index contributed by atoms with van der Waals surface area (Å²) < 4.78 is 15.8. The van der Waals surface area contributed by atoms with Crippen molar-refractivity contribution in [2.75, 3.05) is 21.3 Å². The zero-order valence-corrected chi connectivity index (χ0v) is 15.3. The van der Waals surface area contributed by atoms with E-state index in [9.17, 15) is 5.11 Å². The Balaban J connectivity index is 2.23. The molecule has 0 amide bonds. The predicted octanol–water partition coefficient (Wildman–Crippen LogP) is 3.64. The SMILES string of the molecule is COc1cccc(C(O)C(C)(C)N=Cc2ccc(OC)c(OC)c2)c1. The molecule has 5 heteroatoms. The van der Waals surface area contributed by atoms with Gasteiger partial charge in [0.1, 0.15) is 11.9 Å². The van der Waals surface area contributed by atoms with Gasteiger partial charge < -0.3 is 19.3 Å². The largest absolute Gasteiger partial charge is 0.497 e. The first-order valence-corrected chi connectivity index (χ1v) is 8.00. The van der Waals surface area contributed by atoms with E-state index in [1.54, 1.807) is 27.5 Å². The number of aliphatic hydroxyl groups is 1. The minimum Gasteiger partial charge on any atom is -0.497 e. The van der Waals surface area contributed by atoms with Gasteiger partial charge in [-0.15, -0.1) is 0 Å². The average molecular weight is 343 g/mol. The van der Waals surface area contributed by atoms with E-state index in [0.29, 0.717) is 17.2 Å². The van der Waals surface area contributed by atoms with Crippen LogP contribution in [0.1, 0.15) is 31.1 Å². The van der Waals surface area contributed by atoms with Gasteiger partial charge in [0.2, 0.25) is 0 Å². The minimum atomic E-state index is -0.765. The Hall–Kier alpha value is -2.53. The molecule has 0 heterocycles. The lowest BCUT2D eigenvalue weighted by molar-refractivity contribution is 0.106. The summed E-state index contributed by atoms with van der Waals surface area (Å²) in [4.78, 5) is 4.58. The molecule has 1 unspecified atom stereocenters. The molecule has 1 atom stereocenters. The van der Waals surface area contributed by atoms with Crippen LogP contribution < -0.4 is 14.2 Å². The molecule has 25 heavy (non-hydrogen) atoms. The second kappa shape index (κ2) is 8.03. The third-order valence-corrected chi connectivity index (χ3v) is 4.03. The molecule has 0 bridgehead atoms. The standard InChI is InChI=1S/C20H25NO4/c1-20(2,19(22)15-7-6-8-16(12-15)23-3)21-13-14-9-10-17(24-4)18(11-14)25-5/h6-13,19,22H,1-5H3. The number of hydrogen-bond acceptors (Lipinski definition) is 5. The molecule has 0 aliphatic heterocycles. The van der Waals surface area contributed by atoms with E-state index in [1.165, 1.54) is 0 Å². The van der Waals surface area contributed by atoms with Crippen LogP contribution in [0.25, 0.3) is 0 Å². The molecule has 5 nitrogen and oxygen atoms in total. The highest BCUT2D eigenvalue weighted by Gasteiger charge is 2.28. The first-order valence-electron chi connectivity index (χ1n) is 8.00. The van der Waals surface area contributed by atoms with E-state index >= 15 is 0 Å². The molecule has 0 aliphatic carbocycles. The number of nitrogens with zero attached hydrogens (tertiary/aromatic N) is 1. The van der Waals surface area contributed by atoms with Crippen LogP contribution in [0.2, 0.25) is 0 Å². The van der Waals surface area contributed by atoms with Crippen molar-refractivity contribution in [1.29, 1.82) is 0 Å². The topological polar surface area (TPSA) is 60.3 Å². The third-order valence-electron chi connectivity index (χ3n) is 4.03. The lowest BCUT2D eigenvalue weighted by atomic mass is 9.92. The van der Waals surface area contributed by atoms with Crippen molar-refractivity contribution in [1.82, 2.24) is 0 Å². The highest BCUT2D eigenvalue weighted by atomic mass is 16.5. The number of aliphatic imine (C=N–C) groups is 1. The molecule has 0 aliphatic rings. The van der Waals surface area contributed by atoms with Crippen molar-refractivity contribution >= 4 is 6.21 Å². The van der Waals surface area contributed by atoms with Crippen LogP contribution in [0.5, 0.6) is 17.2 Å². The fourth-order valence-corrected chi connectivity index (χ4v) is 2.46. The van der Waals surface area contributed by atoms with Crippen molar-refractivity contribution < 1.29 is 19.3 Å². The third kappa shape index (κ3) is 4.51. The van der Waals surface area contributed by atoms with E-state index in [2.05, 4.69) is 4.99 Å². The number of hydrogen-bond donors (Lipinski definition) is 1. The fourth-order valence-electron chi connectivity index (χ4n) is 2.46. The molecular formula is C20H25NO4. The molecule has 2 rings (SSSR count). The Morgan fingerprint density at radius 1 is 0.960 bits per heavy atom. The van der Waals surface area contributed by atoms with Crippen LogP contribution in [-0.2, 0) is 0 Å². The van der Waals surface area contributed by atoms with Gasteiger partial charge in [-0.2, -0.15) is 0 Å². The summed E-state index contributed by atoms with van der Waals surface area (Å²) in [7, 11) is 4.79. The molecular weight excluding hydrogens is 318 g/mol. The summed E-state index contributed by atoms with van der Waals surface area (Å²) in [6, 6.07) is 12.9. The Labute approximate surface area is 148 Å². The number of aliphatic hydroxyl groups excluding tert-OH is 1. The van der Waals surface area contributed by atoms with E-state index in [4.69, 9.17) is 14.2 Å². The smallest absolute Gasteiger partial charge is 0.161 e. The van der Waals surface area contributed by atoms with E-state index < -0.39 is 11.6 Å². The van der Waals surface area contributed by atoms with E-state index in [0.717, 1.165) is 11.1 Å². The van der Waals surface area contributed by atoms with Crippen LogP contribution in [0, 0.1) is 0 Å². The van der Waals surface area contributed by atoms with Gasteiger partial charge in [-0.25, -0.2) is 0 Å². The minimum absolute atomic E-state index is 0.637. The van der Waals surface area contributed by atoms with E-state index in [1.807, 2.05) is 56.3 Å². The highest BCUT2D eigenvalue weighted by molar-refractivity contribution is 5.81. The molecule has 0 saturated heterocycles. The first kappa shape index (κ1) is 18.8. The molecule has 134 valence electrons. The molecule has 2 aromatic rings. The van der Waals surface area contributed by atoms with Crippen LogP contribution in [0.15, 0.2) is 47.5 Å². The van der Waals surface area contributed by atoms with Gasteiger partial charge in [-0.05, 0) is 55.3 Å². The quantitative estimate of drug-likeness (QED) is 0.780. The van der Waals surface area contributed by atoms with Crippen molar-refractivity contribution in [3.8, 4) is 17.2 Å². The lowest BCUT2D eigenvalue weighted by Gasteiger charge is -2.27. The summed E-state index contributed by atoms with van der Waals surface area (Å²) in [6.07, 6.45) is 0.963. The van der Waals surface area contributed by atoms with Gasteiger partial charge in [-0.1, -0.05) is 12.1 Å². The van der Waals surface area contributed by atoms with Gasteiger partial charge in [0.25, 0.3) is 0 Å². The molecule has 1 N–H and O–H groups in total. The van der Waals surface area contributed by atoms with Crippen molar-refractivity contribution in [3.63, 3.8) is 0 Å². The first-order chi connectivity index (χ1) is 11.9. The average Bonchev–Trinajstić information content (AvgIpc) is 2.65. The summed E-state index contributed by atoms with van der Waals surface area (Å²) >= 11 is 0. The molecule has 2 aromatic carbocycles. The summed E-state index contributed by atoms with van der Waals surface area (Å²) in [6.45, 7) is 3.77. The van der Waals surface area contributed by atoms with Crippen LogP contribution >= 0.6 is 0 Å². The Morgan fingerprint density at radius 2 is 1.68 bits per heavy atom. The molecule has 0 spiro atoms. The lowest BCUT2D eigenvalue weighted by Crippen LogP contribution is -2.27. The van der Waals surface area contributed by atoms with Crippen molar-refractivity contribution in [3.05, 3.63) is 53.6 Å². The Morgan fingerprint density at radius 3 is 2.32 bits per heavy atom. The monoisotopic (exact) mass is 343 g/mol. The maximum absolute atomic E-state index is 10.7. The predicted molar refractivity (Wildman–Crippen MR) is 99.2 cm³/mol. The number of ether oxygens (including phenoxy) is 3. The molecule has 0 radical (unpaired) electrons. The van der Waals surface area contributed by atoms with Crippen LogP contribution in [0.4, 0.5) is 0 Å². The van der Waals surface area contributed by atoms with Gasteiger partial charge in [0, 0.05) is 6.21 Å². The maximum atomic E-state index is 10.7. The normalized spacial score (nSPS) is 12.9. The second-order valence-electron chi connectivity index (χ2n) is 6.21. The zero-order chi connectivity index (χ0) is 18.4. The molecule has 0 saturated carbocycles. The molecule has 0 fully saturated rings. The summed E-state index contributed by atoms with van der Waals surface area (Å²) in [5.74, 6) is 2.00. The van der Waals surface area contributed by atoms with Crippen molar-refractivity contribution in [2.45, 2.75) is 25.5 Å². The summed E-state index contributed by atoms with van der Waals surface area (Å²) in [5, 5.41) is 10.7. The second-order valence-corrected chi connectivity index (χ2v) is 6.21. The van der Waals surface area contributed by atoms with Crippen LogP contribution in [-0.4, -0.2) is 38.2 Å². The fraction of sp³-hybridized carbons (Fsp3) is 0.350. The van der Waals surface area contributed by atoms with Gasteiger partial charge in [-0.3, -0.25) is 4.99 Å². The summed E-state index contributed by atoms with van der Waals surface area (Å²) in [5.41, 5.74) is 0.914. The Bertz CT molecular complexity index is 740. The number of rotatable bonds is 7. The number of benzene rings is 2. The van der Waals surface area contributed by atoms with Crippen LogP contribution in [0.3, 0.4) is 0 Å². The Kier molecular flexibility index (Phi) is 6.04. The van der Waals surface area contributed by atoms with E-state index in [-0.39, 0.29) is 0 Å². The zero-order valence-electron chi connectivity index (χ0n) is 15.3. The highest BCUT2D eigenvalue weighted by Crippen LogP contribution is 2.31. The molecule has 0 aromatic heterocycles. The number of methoxy groups -OCH3 is 3.